The highest BCUT2D eigenvalue weighted by Gasteiger charge is 2.48. The summed E-state index contributed by atoms with van der Waals surface area (Å²) in [6, 6.07) is 5.87. The van der Waals surface area contributed by atoms with Crippen LogP contribution in [0.3, 0.4) is 0 Å². The van der Waals surface area contributed by atoms with Gasteiger partial charge in [0.2, 0.25) is 0 Å². The Morgan fingerprint density at radius 2 is 2.18 bits per heavy atom. The molecule has 1 aromatic carbocycles. The highest BCUT2D eigenvalue weighted by atomic mass is 19.4. The lowest BCUT2D eigenvalue weighted by molar-refractivity contribution is -0.212. The van der Waals surface area contributed by atoms with Crippen molar-refractivity contribution >= 4 is 0 Å². The number of rotatable bonds is 3. The van der Waals surface area contributed by atoms with Gasteiger partial charge in [0.1, 0.15) is 11.8 Å². The van der Waals surface area contributed by atoms with Gasteiger partial charge in [-0.15, -0.1) is 0 Å². The lowest BCUT2D eigenvalue weighted by atomic mass is 10.0. The Morgan fingerprint density at radius 3 is 2.71 bits per heavy atom. The van der Waals surface area contributed by atoms with E-state index in [1.807, 2.05) is 6.07 Å². The fourth-order valence-corrected chi connectivity index (χ4v) is 2.01. The summed E-state index contributed by atoms with van der Waals surface area (Å²) in [5, 5.41) is 0. The molecular weight excluding hydrogens is 231 g/mol. The van der Waals surface area contributed by atoms with Crippen molar-refractivity contribution in [3.63, 3.8) is 0 Å². The maximum atomic E-state index is 12.5. The second-order valence-electron chi connectivity index (χ2n) is 4.17. The molecule has 1 aromatic rings. The summed E-state index contributed by atoms with van der Waals surface area (Å²) in [4.78, 5) is 1.44. The molecular formula is C12H14F3NO. The van der Waals surface area contributed by atoms with Crippen LogP contribution in [0.4, 0.5) is 13.2 Å². The normalized spacial score (nSPS) is 21.1. The van der Waals surface area contributed by atoms with Crippen molar-refractivity contribution in [1.82, 2.24) is 4.90 Å². The molecule has 1 atom stereocenters. The topological polar surface area (TPSA) is 12.5 Å². The average Bonchev–Trinajstić information content (AvgIpc) is 2.22. The van der Waals surface area contributed by atoms with Gasteiger partial charge in [-0.3, -0.25) is 4.90 Å². The Morgan fingerprint density at radius 1 is 1.41 bits per heavy atom. The summed E-state index contributed by atoms with van der Waals surface area (Å²) in [7, 11) is 1.54. The first-order chi connectivity index (χ1) is 8.00. The first kappa shape index (κ1) is 12.2. The number of alkyl halides is 3. The first-order valence-corrected chi connectivity index (χ1v) is 5.44. The molecule has 0 aliphatic carbocycles. The van der Waals surface area contributed by atoms with Gasteiger partial charge < -0.3 is 4.74 Å². The van der Waals surface area contributed by atoms with Crippen LogP contribution in [0.2, 0.25) is 0 Å². The van der Waals surface area contributed by atoms with Crippen LogP contribution < -0.4 is 4.74 Å². The maximum Gasteiger partial charge on any atom is 0.404 e. The van der Waals surface area contributed by atoms with E-state index in [9.17, 15) is 13.2 Å². The number of hydrogen-bond donors (Lipinski definition) is 0. The van der Waals surface area contributed by atoms with E-state index in [0.29, 0.717) is 18.8 Å². The van der Waals surface area contributed by atoms with Crippen LogP contribution in [0.15, 0.2) is 24.3 Å². The minimum absolute atomic E-state index is 0.202. The number of halogens is 3. The quantitative estimate of drug-likeness (QED) is 0.812. The van der Waals surface area contributed by atoms with E-state index in [4.69, 9.17) is 4.74 Å². The third-order valence-electron chi connectivity index (χ3n) is 3.03. The molecule has 0 saturated carbocycles. The number of nitrogens with zero attached hydrogens (tertiary/aromatic N) is 1. The molecule has 1 fully saturated rings. The van der Waals surface area contributed by atoms with E-state index < -0.39 is 12.2 Å². The summed E-state index contributed by atoms with van der Waals surface area (Å²) in [5.41, 5.74) is 0.846. The zero-order chi connectivity index (χ0) is 12.5. The van der Waals surface area contributed by atoms with Gasteiger partial charge in [-0.25, -0.2) is 0 Å². The van der Waals surface area contributed by atoms with Gasteiger partial charge >= 0.3 is 6.18 Å². The second-order valence-corrected chi connectivity index (χ2v) is 4.17. The highest BCUT2D eigenvalue weighted by molar-refractivity contribution is 5.28. The Balaban J connectivity index is 2.01. The Labute approximate surface area is 98.0 Å². The average molecular weight is 245 g/mol. The van der Waals surface area contributed by atoms with Crippen LogP contribution in [-0.4, -0.2) is 30.8 Å². The van der Waals surface area contributed by atoms with E-state index in [1.54, 1.807) is 25.3 Å². The molecule has 0 bridgehead atoms. The number of hydrogen-bond acceptors (Lipinski definition) is 2. The third kappa shape index (κ3) is 2.72. The summed E-state index contributed by atoms with van der Waals surface area (Å²) >= 11 is 0. The largest absolute Gasteiger partial charge is 0.497 e. The van der Waals surface area contributed by atoms with E-state index in [0.717, 1.165) is 5.56 Å². The molecule has 2 rings (SSSR count). The molecule has 1 saturated heterocycles. The summed E-state index contributed by atoms with van der Waals surface area (Å²) in [5.74, 6) is 0.673. The number of ether oxygens (including phenoxy) is 1. The standard InChI is InChI=1S/C12H14F3NO/c1-17-10-4-2-3-9(7-10)8-16-6-5-11(16)12(13,14)15/h2-4,7,11H,5-6,8H2,1H3. The molecule has 1 aliphatic heterocycles. The predicted octanol–water partition coefficient (Wildman–Crippen LogP) is 2.83. The van der Waals surface area contributed by atoms with Gasteiger partial charge in [0, 0.05) is 13.1 Å². The minimum Gasteiger partial charge on any atom is -0.497 e. The SMILES string of the molecule is COc1cccc(CN2CCC2C(F)(F)F)c1. The first-order valence-electron chi connectivity index (χ1n) is 5.44. The van der Waals surface area contributed by atoms with Crippen LogP contribution in [0.25, 0.3) is 0 Å². The highest BCUT2D eigenvalue weighted by Crippen LogP contribution is 2.34. The van der Waals surface area contributed by atoms with Crippen molar-refractivity contribution in [3.8, 4) is 5.75 Å². The van der Waals surface area contributed by atoms with Crippen molar-refractivity contribution in [2.75, 3.05) is 13.7 Å². The van der Waals surface area contributed by atoms with Crippen LogP contribution in [-0.2, 0) is 6.54 Å². The monoisotopic (exact) mass is 245 g/mol. The Bertz CT molecular complexity index is 392. The van der Waals surface area contributed by atoms with Crippen LogP contribution in [0.1, 0.15) is 12.0 Å². The summed E-state index contributed by atoms with van der Waals surface area (Å²) in [6.07, 6.45) is -3.91. The molecule has 0 aromatic heterocycles. The van der Waals surface area contributed by atoms with Gasteiger partial charge in [0.05, 0.1) is 7.11 Å². The van der Waals surface area contributed by atoms with Crippen molar-refractivity contribution in [3.05, 3.63) is 29.8 Å². The maximum absolute atomic E-state index is 12.5. The van der Waals surface area contributed by atoms with Gasteiger partial charge in [0.15, 0.2) is 0 Å². The van der Waals surface area contributed by atoms with E-state index >= 15 is 0 Å². The van der Waals surface area contributed by atoms with Gasteiger partial charge in [-0.05, 0) is 24.1 Å². The minimum atomic E-state index is -4.11. The number of benzene rings is 1. The zero-order valence-corrected chi connectivity index (χ0v) is 9.50. The van der Waals surface area contributed by atoms with E-state index in [2.05, 4.69) is 0 Å². The molecule has 1 aliphatic rings. The molecule has 94 valence electrons. The Kier molecular flexibility index (Phi) is 3.28. The molecule has 0 amide bonds. The molecule has 1 unspecified atom stereocenters. The van der Waals surface area contributed by atoms with Crippen molar-refractivity contribution in [2.45, 2.75) is 25.2 Å². The van der Waals surface area contributed by atoms with Gasteiger partial charge in [0.25, 0.3) is 0 Å². The Hall–Kier alpha value is -1.23. The molecule has 5 heteroatoms. The smallest absolute Gasteiger partial charge is 0.404 e. The fraction of sp³-hybridized carbons (Fsp3) is 0.500. The number of methoxy groups -OCH3 is 1. The lowest BCUT2D eigenvalue weighted by Gasteiger charge is -2.41. The van der Waals surface area contributed by atoms with Gasteiger partial charge in [-0.2, -0.15) is 13.2 Å². The fourth-order valence-electron chi connectivity index (χ4n) is 2.01. The van der Waals surface area contributed by atoms with Crippen molar-refractivity contribution in [2.24, 2.45) is 0 Å². The molecule has 0 spiro atoms. The molecule has 1 heterocycles. The molecule has 0 radical (unpaired) electrons. The predicted molar refractivity (Wildman–Crippen MR) is 57.9 cm³/mol. The molecule has 2 nitrogen and oxygen atoms in total. The molecule has 0 N–H and O–H groups in total. The summed E-state index contributed by atoms with van der Waals surface area (Å²) in [6.45, 7) is 0.822. The van der Waals surface area contributed by atoms with Crippen LogP contribution in [0, 0.1) is 0 Å². The van der Waals surface area contributed by atoms with E-state index in [1.165, 1.54) is 4.90 Å². The van der Waals surface area contributed by atoms with Gasteiger partial charge in [-0.1, -0.05) is 12.1 Å². The van der Waals surface area contributed by atoms with Crippen LogP contribution in [0.5, 0.6) is 5.75 Å². The van der Waals surface area contributed by atoms with Crippen molar-refractivity contribution < 1.29 is 17.9 Å². The zero-order valence-electron chi connectivity index (χ0n) is 9.50. The van der Waals surface area contributed by atoms with Crippen molar-refractivity contribution in [1.29, 1.82) is 0 Å². The van der Waals surface area contributed by atoms with Crippen LogP contribution >= 0.6 is 0 Å². The third-order valence-corrected chi connectivity index (χ3v) is 3.03. The second kappa shape index (κ2) is 4.56. The lowest BCUT2D eigenvalue weighted by Crippen LogP contribution is -2.55. The number of likely N-dealkylation sites (tertiary alicyclic amines) is 1. The summed E-state index contributed by atoms with van der Waals surface area (Å²) < 4.78 is 42.6. The molecule has 17 heavy (non-hydrogen) atoms. The van der Waals surface area contributed by atoms with E-state index in [-0.39, 0.29) is 6.42 Å².